The van der Waals surface area contributed by atoms with Crippen LogP contribution in [0.1, 0.15) is 27.3 Å². The van der Waals surface area contributed by atoms with Crippen LogP contribution in [-0.4, -0.2) is 38.9 Å². The van der Waals surface area contributed by atoms with Gasteiger partial charge in [-0.05, 0) is 26.0 Å². The van der Waals surface area contributed by atoms with Crippen molar-refractivity contribution in [3.8, 4) is 0 Å². The first-order valence-corrected chi connectivity index (χ1v) is 8.03. The number of amides is 1. The Labute approximate surface area is 143 Å². The van der Waals surface area contributed by atoms with Crippen molar-refractivity contribution in [3.05, 3.63) is 52.8 Å². The van der Waals surface area contributed by atoms with Crippen LogP contribution in [0.2, 0.25) is 0 Å². The highest BCUT2D eigenvalue weighted by molar-refractivity contribution is 7.99. The number of benzene rings is 1. The third-order valence-corrected chi connectivity index (χ3v) is 3.73. The number of hydrogen-bond acceptors (Lipinski definition) is 6. The minimum atomic E-state index is -1.05. The number of carboxylic acid groups (broad SMARTS) is 1. The second kappa shape index (κ2) is 8.21. The molecule has 2 N–H and O–H groups in total. The van der Waals surface area contributed by atoms with Crippen LogP contribution in [0, 0.1) is 13.8 Å². The van der Waals surface area contributed by atoms with Crippen molar-refractivity contribution in [1.29, 1.82) is 0 Å². The molecule has 0 saturated carbocycles. The van der Waals surface area contributed by atoms with Gasteiger partial charge in [0, 0.05) is 17.0 Å². The molecule has 0 unspecified atom stereocenters. The highest BCUT2D eigenvalue weighted by Gasteiger charge is 2.08. The first-order chi connectivity index (χ1) is 11.5. The van der Waals surface area contributed by atoms with Crippen LogP contribution in [0.3, 0.4) is 0 Å². The summed E-state index contributed by atoms with van der Waals surface area (Å²) in [5.74, 6) is -1.27. The van der Waals surface area contributed by atoms with E-state index in [4.69, 9.17) is 5.11 Å². The highest BCUT2D eigenvalue weighted by Crippen LogP contribution is 2.13. The predicted octanol–water partition coefficient (Wildman–Crippen LogP) is 2.03. The molecule has 124 valence electrons. The van der Waals surface area contributed by atoms with E-state index in [1.807, 2.05) is 19.9 Å². The zero-order chi connectivity index (χ0) is 17.5. The molecule has 2 aromatic rings. The quantitative estimate of drug-likeness (QED) is 0.360. The number of hydrazone groups is 1. The number of nitrogens with zero attached hydrogens (tertiary/aromatic N) is 3. The van der Waals surface area contributed by atoms with E-state index in [2.05, 4.69) is 20.5 Å². The van der Waals surface area contributed by atoms with Crippen LogP contribution < -0.4 is 5.43 Å². The van der Waals surface area contributed by atoms with Crippen molar-refractivity contribution in [1.82, 2.24) is 15.4 Å². The average molecular weight is 344 g/mol. The molecule has 0 aliphatic carbocycles. The molecule has 0 saturated heterocycles. The largest absolute Gasteiger partial charge is 0.478 e. The van der Waals surface area contributed by atoms with Crippen LogP contribution >= 0.6 is 11.8 Å². The number of hydrogen-bond donors (Lipinski definition) is 2. The summed E-state index contributed by atoms with van der Waals surface area (Å²) < 4.78 is 0. The molecule has 1 amide bonds. The molecule has 1 aromatic heterocycles. The second-order valence-corrected chi connectivity index (χ2v) is 5.85. The van der Waals surface area contributed by atoms with Gasteiger partial charge < -0.3 is 5.11 Å². The lowest BCUT2D eigenvalue weighted by molar-refractivity contribution is -0.118. The third kappa shape index (κ3) is 5.17. The molecule has 7 nitrogen and oxygen atoms in total. The lowest BCUT2D eigenvalue weighted by atomic mass is 10.1. The van der Waals surface area contributed by atoms with Gasteiger partial charge in [0.1, 0.15) is 0 Å². The van der Waals surface area contributed by atoms with E-state index < -0.39 is 5.97 Å². The van der Waals surface area contributed by atoms with Crippen LogP contribution in [-0.2, 0) is 4.79 Å². The SMILES string of the molecule is Cc1cc(C)nc(SCC(=O)N/N=C/c2ccccc2C(=O)O)n1. The maximum Gasteiger partial charge on any atom is 0.336 e. The number of carboxylic acids is 1. The normalized spacial score (nSPS) is 10.8. The Balaban J connectivity index is 1.90. The molecule has 24 heavy (non-hydrogen) atoms. The summed E-state index contributed by atoms with van der Waals surface area (Å²) in [7, 11) is 0. The Bertz CT molecular complexity index is 772. The molecule has 0 atom stereocenters. The molecule has 0 aliphatic heterocycles. The smallest absolute Gasteiger partial charge is 0.336 e. The number of aryl methyl sites for hydroxylation is 2. The number of aromatic nitrogens is 2. The summed E-state index contributed by atoms with van der Waals surface area (Å²) >= 11 is 1.21. The lowest BCUT2D eigenvalue weighted by Crippen LogP contribution is -2.20. The van der Waals surface area contributed by atoms with Gasteiger partial charge in [-0.25, -0.2) is 20.2 Å². The zero-order valence-electron chi connectivity index (χ0n) is 13.2. The van der Waals surface area contributed by atoms with Crippen molar-refractivity contribution in [3.63, 3.8) is 0 Å². The minimum Gasteiger partial charge on any atom is -0.478 e. The molecule has 8 heteroatoms. The molecule has 2 rings (SSSR count). The van der Waals surface area contributed by atoms with Crippen LogP contribution in [0.5, 0.6) is 0 Å². The highest BCUT2D eigenvalue weighted by atomic mass is 32.2. The van der Waals surface area contributed by atoms with E-state index in [0.717, 1.165) is 11.4 Å². The Hall–Kier alpha value is -2.74. The van der Waals surface area contributed by atoms with Crippen molar-refractivity contribution in [2.45, 2.75) is 19.0 Å². The topological polar surface area (TPSA) is 105 Å². The molecule has 0 spiro atoms. The summed E-state index contributed by atoms with van der Waals surface area (Å²) in [6.07, 6.45) is 1.30. The molecule has 1 aromatic carbocycles. The lowest BCUT2D eigenvalue weighted by Gasteiger charge is -2.03. The average Bonchev–Trinajstić information content (AvgIpc) is 2.52. The van der Waals surface area contributed by atoms with E-state index >= 15 is 0 Å². The number of nitrogens with one attached hydrogen (secondary N) is 1. The fraction of sp³-hybridized carbons (Fsp3) is 0.188. The standard InChI is InChI=1S/C16H16N4O3S/c1-10-7-11(2)19-16(18-10)24-9-14(21)20-17-8-12-5-3-4-6-13(12)15(22)23/h3-8H,9H2,1-2H3,(H,20,21)(H,22,23)/b17-8+. The van der Waals surface area contributed by atoms with E-state index in [1.54, 1.807) is 18.2 Å². The Morgan fingerprint density at radius 3 is 2.58 bits per heavy atom. The fourth-order valence-electron chi connectivity index (χ4n) is 1.90. The van der Waals surface area contributed by atoms with Gasteiger partial charge in [-0.2, -0.15) is 5.10 Å². The number of carbonyl (C=O) groups excluding carboxylic acids is 1. The monoisotopic (exact) mass is 344 g/mol. The first kappa shape index (κ1) is 17.6. The van der Waals surface area contributed by atoms with Crippen LogP contribution in [0.25, 0.3) is 0 Å². The summed E-state index contributed by atoms with van der Waals surface area (Å²) in [6, 6.07) is 8.26. The van der Waals surface area contributed by atoms with E-state index in [9.17, 15) is 9.59 Å². The van der Waals surface area contributed by atoms with Gasteiger partial charge >= 0.3 is 5.97 Å². The maximum atomic E-state index is 11.8. The Morgan fingerprint density at radius 2 is 1.92 bits per heavy atom. The van der Waals surface area contributed by atoms with Gasteiger partial charge in [-0.1, -0.05) is 30.0 Å². The number of carbonyl (C=O) groups is 2. The summed E-state index contributed by atoms with van der Waals surface area (Å²) in [5.41, 5.74) is 4.57. The van der Waals surface area contributed by atoms with E-state index in [1.165, 1.54) is 24.0 Å². The summed E-state index contributed by atoms with van der Waals surface area (Å²) in [5, 5.41) is 13.4. The minimum absolute atomic E-state index is 0.112. The van der Waals surface area contributed by atoms with Crippen molar-refractivity contribution >= 4 is 29.9 Å². The van der Waals surface area contributed by atoms with Gasteiger partial charge in [-0.15, -0.1) is 0 Å². The molecular weight excluding hydrogens is 328 g/mol. The fourth-order valence-corrected chi connectivity index (χ4v) is 2.64. The van der Waals surface area contributed by atoms with Gasteiger partial charge in [0.15, 0.2) is 5.16 Å². The van der Waals surface area contributed by atoms with Crippen molar-refractivity contribution < 1.29 is 14.7 Å². The van der Waals surface area contributed by atoms with Crippen LogP contribution in [0.15, 0.2) is 40.6 Å². The first-order valence-electron chi connectivity index (χ1n) is 7.05. The van der Waals surface area contributed by atoms with Gasteiger partial charge in [0.25, 0.3) is 5.91 Å². The van der Waals surface area contributed by atoms with Gasteiger partial charge in [0.05, 0.1) is 17.5 Å². The molecule has 0 aliphatic rings. The Morgan fingerprint density at radius 1 is 1.25 bits per heavy atom. The van der Waals surface area contributed by atoms with Crippen LogP contribution in [0.4, 0.5) is 0 Å². The predicted molar refractivity (Wildman–Crippen MR) is 91.4 cm³/mol. The maximum absolute atomic E-state index is 11.8. The molecule has 0 radical (unpaired) electrons. The molecular formula is C16H16N4O3S. The Kier molecular flexibility index (Phi) is 6.02. The van der Waals surface area contributed by atoms with E-state index in [0.29, 0.717) is 10.7 Å². The van der Waals surface area contributed by atoms with Crippen molar-refractivity contribution in [2.75, 3.05) is 5.75 Å². The number of aromatic carboxylic acids is 1. The van der Waals surface area contributed by atoms with Gasteiger partial charge in [0.2, 0.25) is 0 Å². The number of rotatable bonds is 6. The van der Waals surface area contributed by atoms with Gasteiger partial charge in [-0.3, -0.25) is 4.79 Å². The van der Waals surface area contributed by atoms with E-state index in [-0.39, 0.29) is 17.2 Å². The summed E-state index contributed by atoms with van der Waals surface area (Å²) in [6.45, 7) is 3.73. The second-order valence-electron chi connectivity index (χ2n) is 4.91. The van der Waals surface area contributed by atoms with Crippen molar-refractivity contribution in [2.24, 2.45) is 5.10 Å². The zero-order valence-corrected chi connectivity index (χ0v) is 14.0. The number of thioether (sulfide) groups is 1. The molecule has 0 bridgehead atoms. The third-order valence-electron chi connectivity index (χ3n) is 2.88. The molecule has 0 fully saturated rings. The molecule has 1 heterocycles. The summed E-state index contributed by atoms with van der Waals surface area (Å²) in [4.78, 5) is 31.3.